The van der Waals surface area contributed by atoms with Gasteiger partial charge in [-0.25, -0.2) is 8.42 Å². The van der Waals surface area contributed by atoms with E-state index in [1.165, 1.54) is 5.56 Å². The molecule has 1 atom stereocenters. The standard InChI is InChI=1S/C22H39N3O3S/c1-4-8-20(9-5-2)29(27,28)17-21(24)22(26)25(14-7-13-23)15-12-19-11-6-10-18(3)16-19/h6,10-11,16,20-21H,4-5,7-9,12-15,17,23-24H2,1-3H3. The molecule has 0 saturated carbocycles. The fourth-order valence-electron chi connectivity index (χ4n) is 3.59. The number of amides is 1. The molecule has 0 aliphatic rings. The minimum Gasteiger partial charge on any atom is -0.341 e. The predicted octanol–water partition coefficient (Wildman–Crippen LogP) is 2.43. The molecule has 7 heteroatoms. The predicted molar refractivity (Wildman–Crippen MR) is 121 cm³/mol. The van der Waals surface area contributed by atoms with Crippen molar-refractivity contribution in [2.24, 2.45) is 11.5 Å². The molecule has 0 fully saturated rings. The lowest BCUT2D eigenvalue weighted by atomic mass is 10.1. The van der Waals surface area contributed by atoms with Crippen molar-refractivity contribution >= 4 is 15.7 Å². The van der Waals surface area contributed by atoms with Gasteiger partial charge in [-0.2, -0.15) is 0 Å². The Hall–Kier alpha value is -1.44. The Labute approximate surface area is 176 Å². The highest BCUT2D eigenvalue weighted by molar-refractivity contribution is 7.92. The molecule has 0 aromatic heterocycles. The molecule has 1 amide bonds. The summed E-state index contributed by atoms with van der Waals surface area (Å²) in [6.07, 6.45) is 4.18. The Morgan fingerprint density at radius 3 is 2.34 bits per heavy atom. The van der Waals surface area contributed by atoms with E-state index in [1.54, 1.807) is 4.90 Å². The molecular weight excluding hydrogens is 386 g/mol. The molecule has 6 nitrogen and oxygen atoms in total. The van der Waals surface area contributed by atoms with Crippen molar-refractivity contribution in [1.29, 1.82) is 0 Å². The lowest BCUT2D eigenvalue weighted by Gasteiger charge is -2.27. The van der Waals surface area contributed by atoms with Crippen LogP contribution in [0.3, 0.4) is 0 Å². The molecule has 1 aromatic rings. The highest BCUT2D eigenvalue weighted by Crippen LogP contribution is 2.17. The van der Waals surface area contributed by atoms with E-state index in [1.807, 2.05) is 39.0 Å². The van der Waals surface area contributed by atoms with Gasteiger partial charge in [0.2, 0.25) is 5.91 Å². The minimum absolute atomic E-state index is 0.292. The van der Waals surface area contributed by atoms with E-state index in [-0.39, 0.29) is 11.7 Å². The number of hydrogen-bond acceptors (Lipinski definition) is 5. The molecule has 0 aliphatic carbocycles. The second-order valence-corrected chi connectivity index (χ2v) is 10.2. The first-order valence-corrected chi connectivity index (χ1v) is 12.5. The Balaban J connectivity index is 2.82. The van der Waals surface area contributed by atoms with Gasteiger partial charge in [0.05, 0.1) is 17.0 Å². The smallest absolute Gasteiger partial charge is 0.240 e. The highest BCUT2D eigenvalue weighted by Gasteiger charge is 2.31. The second kappa shape index (κ2) is 13.0. The Morgan fingerprint density at radius 1 is 1.14 bits per heavy atom. The first-order valence-electron chi connectivity index (χ1n) is 10.8. The molecule has 0 saturated heterocycles. The SMILES string of the molecule is CCCC(CCC)S(=O)(=O)CC(N)C(=O)N(CCCN)CCc1cccc(C)c1. The Bertz CT molecular complexity index is 716. The third-order valence-corrected chi connectivity index (χ3v) is 7.47. The van der Waals surface area contributed by atoms with E-state index >= 15 is 0 Å². The zero-order valence-corrected chi connectivity index (χ0v) is 19.1. The van der Waals surface area contributed by atoms with Gasteiger partial charge in [0, 0.05) is 13.1 Å². The van der Waals surface area contributed by atoms with E-state index in [9.17, 15) is 13.2 Å². The van der Waals surface area contributed by atoms with Crippen LogP contribution in [-0.2, 0) is 21.1 Å². The zero-order valence-electron chi connectivity index (χ0n) is 18.3. The summed E-state index contributed by atoms with van der Waals surface area (Å²) in [5.74, 6) is -0.596. The van der Waals surface area contributed by atoms with Crippen molar-refractivity contribution in [3.63, 3.8) is 0 Å². The van der Waals surface area contributed by atoms with Crippen molar-refractivity contribution in [2.45, 2.75) is 70.6 Å². The molecule has 0 bridgehead atoms. The second-order valence-electron chi connectivity index (χ2n) is 7.84. The van der Waals surface area contributed by atoms with Crippen molar-refractivity contribution in [1.82, 2.24) is 4.90 Å². The number of hydrogen-bond donors (Lipinski definition) is 2. The number of rotatable bonds is 14. The number of carbonyl (C=O) groups excluding carboxylic acids is 1. The van der Waals surface area contributed by atoms with E-state index in [0.29, 0.717) is 45.3 Å². The molecule has 1 unspecified atom stereocenters. The van der Waals surface area contributed by atoms with Crippen LogP contribution >= 0.6 is 0 Å². The normalized spacial score (nSPS) is 12.9. The van der Waals surface area contributed by atoms with Gasteiger partial charge in [-0.05, 0) is 44.7 Å². The number of benzene rings is 1. The minimum atomic E-state index is -3.41. The van der Waals surface area contributed by atoms with Crippen LogP contribution in [0.25, 0.3) is 0 Å². The van der Waals surface area contributed by atoms with Gasteiger partial charge in [-0.3, -0.25) is 4.79 Å². The molecule has 166 valence electrons. The molecule has 1 aromatic carbocycles. The molecule has 0 heterocycles. The van der Waals surface area contributed by atoms with Crippen LogP contribution in [0.15, 0.2) is 24.3 Å². The summed E-state index contributed by atoms with van der Waals surface area (Å²) in [5.41, 5.74) is 14.0. The van der Waals surface area contributed by atoms with Crippen LogP contribution in [0.2, 0.25) is 0 Å². The maximum Gasteiger partial charge on any atom is 0.240 e. The molecular formula is C22H39N3O3S. The number of aryl methyl sites for hydroxylation is 1. The average Bonchev–Trinajstić information content (AvgIpc) is 2.67. The first-order chi connectivity index (χ1) is 13.7. The summed E-state index contributed by atoms with van der Waals surface area (Å²) in [4.78, 5) is 14.6. The van der Waals surface area contributed by atoms with E-state index in [0.717, 1.165) is 18.4 Å². The summed E-state index contributed by atoms with van der Waals surface area (Å²) >= 11 is 0. The van der Waals surface area contributed by atoms with Gasteiger partial charge < -0.3 is 16.4 Å². The lowest BCUT2D eigenvalue weighted by Crippen LogP contribution is -2.49. The van der Waals surface area contributed by atoms with Crippen molar-refractivity contribution in [3.05, 3.63) is 35.4 Å². The average molecular weight is 426 g/mol. The third kappa shape index (κ3) is 8.84. The summed E-state index contributed by atoms with van der Waals surface area (Å²) in [6.45, 7) is 7.44. The fraction of sp³-hybridized carbons (Fsp3) is 0.682. The molecule has 0 aliphatic heterocycles. The van der Waals surface area contributed by atoms with Crippen molar-refractivity contribution in [2.75, 3.05) is 25.4 Å². The fourth-order valence-corrected chi connectivity index (χ4v) is 5.69. The number of carbonyl (C=O) groups is 1. The highest BCUT2D eigenvalue weighted by atomic mass is 32.2. The maximum absolute atomic E-state index is 12.9. The maximum atomic E-state index is 12.9. The van der Waals surface area contributed by atoms with Gasteiger partial charge >= 0.3 is 0 Å². The largest absolute Gasteiger partial charge is 0.341 e. The van der Waals surface area contributed by atoms with Gasteiger partial charge in [-0.1, -0.05) is 56.5 Å². The van der Waals surface area contributed by atoms with Crippen LogP contribution < -0.4 is 11.5 Å². The number of sulfone groups is 1. The summed E-state index contributed by atoms with van der Waals surface area (Å²) in [5, 5.41) is -0.416. The monoisotopic (exact) mass is 425 g/mol. The summed E-state index contributed by atoms with van der Waals surface area (Å²) < 4.78 is 25.6. The van der Waals surface area contributed by atoms with E-state index in [4.69, 9.17) is 11.5 Å². The topological polar surface area (TPSA) is 106 Å². The van der Waals surface area contributed by atoms with Gasteiger partial charge in [0.25, 0.3) is 0 Å². The third-order valence-electron chi connectivity index (χ3n) is 5.15. The Kier molecular flexibility index (Phi) is 11.5. The van der Waals surface area contributed by atoms with Crippen LogP contribution in [0.1, 0.15) is 57.1 Å². The Morgan fingerprint density at radius 2 is 1.79 bits per heavy atom. The molecule has 0 spiro atoms. The summed E-state index contributed by atoms with van der Waals surface area (Å²) in [7, 11) is -3.41. The molecule has 1 rings (SSSR count). The lowest BCUT2D eigenvalue weighted by molar-refractivity contribution is -0.132. The first kappa shape index (κ1) is 25.6. The van der Waals surface area contributed by atoms with Gasteiger partial charge in [0.1, 0.15) is 0 Å². The number of nitrogens with zero attached hydrogens (tertiary/aromatic N) is 1. The van der Waals surface area contributed by atoms with Crippen LogP contribution in [-0.4, -0.2) is 55.9 Å². The van der Waals surface area contributed by atoms with Crippen LogP contribution in [0.5, 0.6) is 0 Å². The zero-order chi connectivity index (χ0) is 21.9. The van der Waals surface area contributed by atoms with Crippen LogP contribution in [0, 0.1) is 6.92 Å². The van der Waals surface area contributed by atoms with Crippen molar-refractivity contribution < 1.29 is 13.2 Å². The van der Waals surface area contributed by atoms with Gasteiger partial charge in [-0.15, -0.1) is 0 Å². The molecule has 4 N–H and O–H groups in total. The quantitative estimate of drug-likeness (QED) is 0.476. The van der Waals surface area contributed by atoms with Gasteiger partial charge in [0.15, 0.2) is 9.84 Å². The van der Waals surface area contributed by atoms with E-state index in [2.05, 4.69) is 6.07 Å². The van der Waals surface area contributed by atoms with E-state index < -0.39 is 21.1 Å². The van der Waals surface area contributed by atoms with Crippen molar-refractivity contribution in [3.8, 4) is 0 Å². The molecule has 29 heavy (non-hydrogen) atoms. The summed E-state index contributed by atoms with van der Waals surface area (Å²) in [6, 6.07) is 7.12. The number of nitrogens with two attached hydrogens (primary N) is 2. The van der Waals surface area contributed by atoms with Crippen LogP contribution in [0.4, 0.5) is 0 Å². The molecule has 0 radical (unpaired) electrons.